The van der Waals surface area contributed by atoms with Crippen LogP contribution in [0.1, 0.15) is 35.8 Å². The van der Waals surface area contributed by atoms with E-state index in [-0.39, 0.29) is 12.3 Å². The Balaban J connectivity index is 1.39. The molecule has 154 valence electrons. The largest absolute Gasteiger partial charge is 0.538 e. The number of thioether (sulfide) groups is 1. The van der Waals surface area contributed by atoms with Crippen molar-refractivity contribution in [3.63, 3.8) is 0 Å². The van der Waals surface area contributed by atoms with E-state index in [1.165, 1.54) is 32.7 Å². The first kappa shape index (κ1) is 20.4. The van der Waals surface area contributed by atoms with Gasteiger partial charge < -0.3 is 14.9 Å². The minimum atomic E-state index is -0.531. The Kier molecular flexibility index (Phi) is 6.06. The van der Waals surface area contributed by atoms with Crippen molar-refractivity contribution in [2.45, 2.75) is 37.6 Å². The number of nitrogens with one attached hydrogen (secondary N) is 1. The molecule has 0 aliphatic heterocycles. The van der Waals surface area contributed by atoms with Crippen LogP contribution in [0.15, 0.2) is 39.9 Å². The SMILES string of the molecule is CC1CCc2c(sc(NC(=O)CCSc3c([O-])on[n+]3-c3ccccc3)c2C#N)C1. The zero-order valence-corrected chi connectivity index (χ0v) is 18.0. The highest BCUT2D eigenvalue weighted by Crippen LogP contribution is 2.39. The maximum absolute atomic E-state index is 12.5. The molecule has 30 heavy (non-hydrogen) atoms. The number of anilines is 1. The lowest BCUT2D eigenvalue weighted by atomic mass is 9.89. The quantitative estimate of drug-likeness (QED) is 0.466. The van der Waals surface area contributed by atoms with E-state index in [1.807, 2.05) is 30.3 Å². The summed E-state index contributed by atoms with van der Waals surface area (Å²) >= 11 is 2.74. The third-order valence-corrected chi connectivity index (χ3v) is 7.21. The topological polar surface area (TPSA) is 106 Å². The van der Waals surface area contributed by atoms with Crippen molar-refractivity contribution >= 4 is 34.0 Å². The number of carbonyl (C=O) groups is 1. The molecule has 4 rings (SSSR count). The van der Waals surface area contributed by atoms with E-state index in [2.05, 4.69) is 23.6 Å². The maximum atomic E-state index is 12.5. The number of para-hydroxylation sites is 1. The van der Waals surface area contributed by atoms with Crippen molar-refractivity contribution in [1.29, 1.82) is 5.26 Å². The average molecular weight is 441 g/mol. The van der Waals surface area contributed by atoms with Crippen LogP contribution >= 0.6 is 23.1 Å². The highest BCUT2D eigenvalue weighted by molar-refractivity contribution is 7.99. The standard InChI is InChI=1S/C21H20N4O3S2/c1-13-7-8-15-16(12-22)19(30-17(15)11-13)23-18(26)9-10-29-20-21(27)28-24-25(20)14-5-3-2-4-6-14/h2-6,13H,7-11H2,1H3,(H-,23,24,26,27). The molecule has 1 aliphatic rings. The Morgan fingerprint density at radius 3 is 3.03 bits per heavy atom. The van der Waals surface area contributed by atoms with Crippen LogP contribution < -0.4 is 15.1 Å². The fourth-order valence-corrected chi connectivity index (χ4v) is 5.76. The van der Waals surface area contributed by atoms with Gasteiger partial charge >= 0.3 is 0 Å². The zero-order valence-electron chi connectivity index (χ0n) is 16.4. The Morgan fingerprint density at radius 2 is 2.27 bits per heavy atom. The minimum absolute atomic E-state index is 0.180. The van der Waals surface area contributed by atoms with Crippen molar-refractivity contribution in [3.05, 3.63) is 46.3 Å². The number of nitrogens with zero attached hydrogens (tertiary/aromatic N) is 3. The highest BCUT2D eigenvalue weighted by Gasteiger charge is 2.25. The summed E-state index contributed by atoms with van der Waals surface area (Å²) < 4.78 is 6.23. The first-order valence-electron chi connectivity index (χ1n) is 9.68. The summed E-state index contributed by atoms with van der Waals surface area (Å²) in [4.78, 5) is 13.7. The van der Waals surface area contributed by atoms with Crippen molar-refractivity contribution < 1.29 is 19.1 Å². The molecular formula is C21H20N4O3S2. The van der Waals surface area contributed by atoms with Crippen molar-refractivity contribution in [1.82, 2.24) is 5.27 Å². The van der Waals surface area contributed by atoms with Gasteiger partial charge in [0.2, 0.25) is 11.6 Å². The molecule has 1 atom stereocenters. The second kappa shape index (κ2) is 8.90. The fraction of sp³-hybridized carbons (Fsp3) is 0.333. The average Bonchev–Trinajstić information content (AvgIpc) is 3.27. The number of thiophene rings is 1. The molecule has 0 radical (unpaired) electrons. The Bertz CT molecular complexity index is 1100. The molecule has 1 aliphatic carbocycles. The van der Waals surface area contributed by atoms with E-state index in [0.29, 0.717) is 32.9 Å². The molecule has 2 heterocycles. The summed E-state index contributed by atoms with van der Waals surface area (Å²) in [6.07, 6.45) is 3.12. The van der Waals surface area contributed by atoms with Crippen molar-refractivity contribution in [2.24, 2.45) is 5.92 Å². The molecule has 9 heteroatoms. The first-order chi connectivity index (χ1) is 14.6. The van der Waals surface area contributed by atoms with E-state index in [1.54, 1.807) is 0 Å². The fourth-order valence-electron chi connectivity index (χ4n) is 3.48. The van der Waals surface area contributed by atoms with Crippen LogP contribution in [0, 0.1) is 17.2 Å². The maximum Gasteiger partial charge on any atom is 0.297 e. The summed E-state index contributed by atoms with van der Waals surface area (Å²) in [5.74, 6) is 0.278. The molecule has 0 bridgehead atoms. The van der Waals surface area contributed by atoms with Crippen LogP contribution in [0.2, 0.25) is 0 Å². The van der Waals surface area contributed by atoms with Gasteiger partial charge in [-0.1, -0.05) is 36.9 Å². The normalized spacial score (nSPS) is 15.4. The van der Waals surface area contributed by atoms with Crippen molar-refractivity contribution in [2.75, 3.05) is 11.1 Å². The van der Waals surface area contributed by atoms with E-state index in [9.17, 15) is 15.2 Å². The number of benzene rings is 1. The van der Waals surface area contributed by atoms with E-state index in [0.717, 1.165) is 24.8 Å². The number of hydrogen-bond donors (Lipinski definition) is 1. The number of aromatic nitrogens is 2. The van der Waals surface area contributed by atoms with Gasteiger partial charge in [-0.25, -0.2) is 0 Å². The Labute approximate surface area is 182 Å². The summed E-state index contributed by atoms with van der Waals surface area (Å²) in [7, 11) is 0. The van der Waals surface area contributed by atoms with Crippen LogP contribution in [0.25, 0.3) is 5.69 Å². The molecule has 0 spiro atoms. The molecule has 1 aromatic carbocycles. The highest BCUT2D eigenvalue weighted by atomic mass is 32.2. The molecule has 0 fully saturated rings. The molecule has 1 N–H and O–H groups in total. The van der Waals surface area contributed by atoms with Crippen LogP contribution in [0.3, 0.4) is 0 Å². The van der Waals surface area contributed by atoms with Gasteiger partial charge in [-0.2, -0.15) is 5.26 Å². The van der Waals surface area contributed by atoms with Crippen LogP contribution in [0.5, 0.6) is 5.95 Å². The summed E-state index contributed by atoms with van der Waals surface area (Å²) in [5.41, 5.74) is 2.41. The molecule has 7 nitrogen and oxygen atoms in total. The second-order valence-corrected chi connectivity index (χ2v) is 9.42. The minimum Gasteiger partial charge on any atom is -0.538 e. The van der Waals surface area contributed by atoms with Gasteiger partial charge in [0.05, 0.1) is 10.8 Å². The number of carbonyl (C=O) groups excluding carboxylic acids is 1. The number of hydrogen-bond acceptors (Lipinski definition) is 7. The zero-order chi connectivity index (χ0) is 21.1. The molecule has 1 amide bonds. The Morgan fingerprint density at radius 1 is 1.47 bits per heavy atom. The number of nitriles is 1. The lowest BCUT2D eigenvalue weighted by Gasteiger charge is -2.17. The Hall–Kier alpha value is -2.83. The van der Waals surface area contributed by atoms with Crippen LogP contribution in [-0.4, -0.2) is 16.9 Å². The molecule has 0 saturated carbocycles. The molecule has 2 aromatic heterocycles. The van der Waals surface area contributed by atoms with Crippen LogP contribution in [0.4, 0.5) is 5.00 Å². The molecular weight excluding hydrogens is 420 g/mol. The summed E-state index contributed by atoms with van der Waals surface area (Å²) in [5, 5.41) is 29.2. The molecule has 0 saturated heterocycles. The van der Waals surface area contributed by atoms with Gasteiger partial charge in [0.1, 0.15) is 11.1 Å². The van der Waals surface area contributed by atoms with Crippen molar-refractivity contribution in [3.8, 4) is 17.7 Å². The molecule has 1 unspecified atom stereocenters. The predicted octanol–water partition coefficient (Wildman–Crippen LogP) is 3.20. The van der Waals surface area contributed by atoms with E-state index >= 15 is 0 Å². The summed E-state index contributed by atoms with van der Waals surface area (Å²) in [6.45, 7) is 2.21. The summed E-state index contributed by atoms with van der Waals surface area (Å²) in [6, 6.07) is 11.5. The van der Waals surface area contributed by atoms with Gasteiger partial charge in [-0.15, -0.1) is 11.3 Å². The lowest BCUT2D eigenvalue weighted by Crippen LogP contribution is -2.34. The second-order valence-electron chi connectivity index (χ2n) is 7.23. The van der Waals surface area contributed by atoms with Crippen LogP contribution in [-0.2, 0) is 17.6 Å². The number of fused-ring (bicyclic) bond motifs is 1. The van der Waals surface area contributed by atoms with Gasteiger partial charge in [-0.05, 0) is 35.4 Å². The van der Waals surface area contributed by atoms with Gasteiger partial charge in [0.25, 0.3) is 5.03 Å². The number of rotatable bonds is 6. The van der Waals surface area contributed by atoms with Gasteiger partial charge in [0.15, 0.2) is 5.95 Å². The lowest BCUT2D eigenvalue weighted by molar-refractivity contribution is -0.705. The van der Waals surface area contributed by atoms with Gasteiger partial charge in [0, 0.05) is 29.2 Å². The van der Waals surface area contributed by atoms with Gasteiger partial charge in [-0.3, -0.25) is 4.79 Å². The monoisotopic (exact) mass is 440 g/mol. The third-order valence-electron chi connectivity index (χ3n) is 5.02. The van der Waals surface area contributed by atoms with E-state index < -0.39 is 5.95 Å². The van der Waals surface area contributed by atoms with E-state index in [4.69, 9.17) is 4.52 Å². The molecule has 3 aromatic rings. The predicted molar refractivity (Wildman–Crippen MR) is 112 cm³/mol. The third kappa shape index (κ3) is 4.20. The smallest absolute Gasteiger partial charge is 0.297 e. The first-order valence-corrected chi connectivity index (χ1v) is 11.5. The number of amides is 1.